The minimum Gasteiger partial charge on any atom is -0.393 e. The monoisotopic (exact) mass is 430 g/mol. The first-order chi connectivity index (χ1) is 13.8. The molecule has 0 unspecified atom stereocenters. The molecule has 1 amide bonds. The second-order valence-electron chi connectivity index (χ2n) is 6.59. The fourth-order valence-corrected chi connectivity index (χ4v) is 3.03. The van der Waals surface area contributed by atoms with E-state index in [4.69, 9.17) is 28.9 Å². The van der Waals surface area contributed by atoms with Gasteiger partial charge in [0.2, 0.25) is 0 Å². The van der Waals surface area contributed by atoms with Gasteiger partial charge in [-0.05, 0) is 41.8 Å². The zero-order valence-corrected chi connectivity index (χ0v) is 17.3. The Bertz CT molecular complexity index is 1020. The van der Waals surface area contributed by atoms with Crippen LogP contribution in [0.15, 0.2) is 48.8 Å². The van der Waals surface area contributed by atoms with Crippen molar-refractivity contribution in [3.05, 3.63) is 70.0 Å². The number of halogens is 2. The molecule has 0 radical (unpaired) electrons. The number of nitrogens with one attached hydrogen (secondary N) is 3. The number of carbonyl (C=O) groups excluding carboxylic acids is 1. The standard InChI is InChI=1S/C20H20Cl2N6O/c1-11(2)12-3-6-14(7-4-12)26-18-17(23)19(25-10-24-18)27-28-20(29)15-8-5-13(21)9-16(15)22/h3-11H,23H2,1-2H3,(H,28,29)(H2,24,25,26,27). The van der Waals surface area contributed by atoms with Crippen LogP contribution in [0.5, 0.6) is 0 Å². The molecule has 3 rings (SSSR count). The van der Waals surface area contributed by atoms with Gasteiger partial charge in [0, 0.05) is 10.7 Å². The van der Waals surface area contributed by atoms with Crippen molar-refractivity contribution in [2.45, 2.75) is 19.8 Å². The van der Waals surface area contributed by atoms with Gasteiger partial charge in [-0.15, -0.1) is 0 Å². The van der Waals surface area contributed by atoms with Gasteiger partial charge in [0.25, 0.3) is 5.91 Å². The van der Waals surface area contributed by atoms with Crippen LogP contribution in [0.2, 0.25) is 10.0 Å². The number of nitrogen functional groups attached to an aromatic ring is 1. The van der Waals surface area contributed by atoms with Gasteiger partial charge in [0.1, 0.15) is 12.0 Å². The van der Waals surface area contributed by atoms with E-state index in [-0.39, 0.29) is 22.1 Å². The molecule has 0 aliphatic rings. The summed E-state index contributed by atoms with van der Waals surface area (Å²) in [6.45, 7) is 4.27. The topological polar surface area (TPSA) is 105 Å². The SMILES string of the molecule is CC(C)c1ccc(Nc2ncnc(NNC(=O)c3ccc(Cl)cc3Cl)c2N)cc1. The second kappa shape index (κ2) is 8.98. The van der Waals surface area contributed by atoms with E-state index in [1.807, 2.05) is 24.3 Å². The van der Waals surface area contributed by atoms with E-state index in [9.17, 15) is 4.79 Å². The van der Waals surface area contributed by atoms with Crippen LogP contribution in [0.25, 0.3) is 0 Å². The van der Waals surface area contributed by atoms with Gasteiger partial charge >= 0.3 is 0 Å². The lowest BCUT2D eigenvalue weighted by Crippen LogP contribution is -2.30. The van der Waals surface area contributed by atoms with E-state index < -0.39 is 5.91 Å². The van der Waals surface area contributed by atoms with Crippen LogP contribution >= 0.6 is 23.2 Å². The summed E-state index contributed by atoms with van der Waals surface area (Å²) in [5.74, 6) is 0.656. The van der Waals surface area contributed by atoms with Crippen molar-refractivity contribution >= 4 is 52.1 Å². The van der Waals surface area contributed by atoms with Crippen LogP contribution < -0.4 is 21.9 Å². The molecule has 0 aliphatic heterocycles. The first-order valence-corrected chi connectivity index (χ1v) is 9.59. The number of nitrogens with two attached hydrogens (primary N) is 1. The van der Waals surface area contributed by atoms with Crippen LogP contribution in [-0.4, -0.2) is 15.9 Å². The maximum absolute atomic E-state index is 12.3. The number of aromatic nitrogens is 2. The maximum Gasteiger partial charge on any atom is 0.271 e. The molecule has 2 aromatic carbocycles. The number of hydrazine groups is 1. The molecule has 5 N–H and O–H groups in total. The van der Waals surface area contributed by atoms with Crippen LogP contribution in [0.3, 0.4) is 0 Å². The first kappa shape index (κ1) is 20.7. The van der Waals surface area contributed by atoms with Crippen molar-refractivity contribution in [3.8, 4) is 0 Å². The minimum absolute atomic E-state index is 0.236. The average molecular weight is 431 g/mol. The Morgan fingerprint density at radius 1 is 1.03 bits per heavy atom. The number of nitrogens with zero attached hydrogens (tertiary/aromatic N) is 2. The molecule has 0 saturated heterocycles. The third-order valence-electron chi connectivity index (χ3n) is 4.19. The molecule has 9 heteroatoms. The van der Waals surface area contributed by atoms with E-state index in [2.05, 4.69) is 40.0 Å². The van der Waals surface area contributed by atoms with E-state index in [1.165, 1.54) is 24.0 Å². The zero-order chi connectivity index (χ0) is 21.0. The smallest absolute Gasteiger partial charge is 0.271 e. The molecule has 0 saturated carbocycles. The molecular weight excluding hydrogens is 411 g/mol. The Balaban J connectivity index is 1.70. The number of amides is 1. The third kappa shape index (κ3) is 5.07. The molecule has 0 atom stereocenters. The lowest BCUT2D eigenvalue weighted by molar-refractivity contribution is 0.0962. The summed E-state index contributed by atoms with van der Waals surface area (Å²) >= 11 is 11.9. The van der Waals surface area contributed by atoms with E-state index in [1.54, 1.807) is 6.07 Å². The summed E-state index contributed by atoms with van der Waals surface area (Å²) in [6, 6.07) is 12.6. The Labute approximate surface area is 178 Å². The Hall–Kier alpha value is -3.03. The highest BCUT2D eigenvalue weighted by Gasteiger charge is 2.13. The van der Waals surface area contributed by atoms with Gasteiger partial charge in [-0.3, -0.25) is 15.6 Å². The van der Waals surface area contributed by atoms with Gasteiger partial charge < -0.3 is 11.1 Å². The van der Waals surface area contributed by atoms with Gasteiger partial charge in [0.05, 0.1) is 10.6 Å². The van der Waals surface area contributed by atoms with Crippen molar-refractivity contribution in [2.75, 3.05) is 16.5 Å². The van der Waals surface area contributed by atoms with Crippen molar-refractivity contribution in [1.29, 1.82) is 0 Å². The van der Waals surface area contributed by atoms with E-state index in [0.717, 1.165) is 5.69 Å². The average Bonchev–Trinajstić information content (AvgIpc) is 2.69. The fourth-order valence-electron chi connectivity index (χ4n) is 2.54. The van der Waals surface area contributed by atoms with Crippen LogP contribution in [0, 0.1) is 0 Å². The molecule has 3 aromatic rings. The van der Waals surface area contributed by atoms with Crippen molar-refractivity contribution < 1.29 is 4.79 Å². The molecule has 0 spiro atoms. The molecule has 0 bridgehead atoms. The summed E-state index contributed by atoms with van der Waals surface area (Å²) in [5, 5.41) is 3.83. The molecular formula is C20H20Cl2N6O. The Morgan fingerprint density at radius 3 is 2.38 bits per heavy atom. The number of carbonyl (C=O) groups is 1. The molecule has 150 valence electrons. The predicted octanol–water partition coefficient (Wildman–Crippen LogP) is 4.99. The Morgan fingerprint density at radius 2 is 1.72 bits per heavy atom. The normalized spacial score (nSPS) is 10.7. The zero-order valence-electron chi connectivity index (χ0n) is 15.8. The summed E-state index contributed by atoms with van der Waals surface area (Å²) in [5.41, 5.74) is 13.9. The lowest BCUT2D eigenvalue weighted by atomic mass is 10.0. The maximum atomic E-state index is 12.3. The summed E-state index contributed by atoms with van der Waals surface area (Å²) in [4.78, 5) is 20.6. The van der Waals surface area contributed by atoms with Gasteiger partial charge in [-0.2, -0.15) is 0 Å². The van der Waals surface area contributed by atoms with E-state index >= 15 is 0 Å². The molecule has 0 fully saturated rings. The van der Waals surface area contributed by atoms with Crippen LogP contribution in [-0.2, 0) is 0 Å². The predicted molar refractivity (Wildman–Crippen MR) is 118 cm³/mol. The van der Waals surface area contributed by atoms with Crippen LogP contribution in [0.1, 0.15) is 35.7 Å². The van der Waals surface area contributed by atoms with Crippen molar-refractivity contribution in [2.24, 2.45) is 0 Å². The Kier molecular flexibility index (Phi) is 6.41. The van der Waals surface area contributed by atoms with E-state index in [0.29, 0.717) is 16.8 Å². The van der Waals surface area contributed by atoms with Gasteiger partial charge in [-0.25, -0.2) is 9.97 Å². The number of hydrogen-bond donors (Lipinski definition) is 4. The largest absolute Gasteiger partial charge is 0.393 e. The molecule has 7 nitrogen and oxygen atoms in total. The second-order valence-corrected chi connectivity index (χ2v) is 7.43. The molecule has 1 aromatic heterocycles. The highest BCUT2D eigenvalue weighted by atomic mass is 35.5. The quantitative estimate of drug-likeness (QED) is 0.410. The number of anilines is 4. The highest BCUT2D eigenvalue weighted by molar-refractivity contribution is 6.36. The lowest BCUT2D eigenvalue weighted by Gasteiger charge is -2.14. The first-order valence-electron chi connectivity index (χ1n) is 8.84. The fraction of sp³-hybridized carbons (Fsp3) is 0.150. The number of benzene rings is 2. The summed E-state index contributed by atoms with van der Waals surface area (Å²) in [6.07, 6.45) is 1.34. The van der Waals surface area contributed by atoms with Gasteiger partial charge in [-0.1, -0.05) is 49.2 Å². The number of rotatable bonds is 6. The molecule has 1 heterocycles. The van der Waals surface area contributed by atoms with Crippen molar-refractivity contribution in [1.82, 2.24) is 15.4 Å². The minimum atomic E-state index is -0.455. The van der Waals surface area contributed by atoms with Crippen molar-refractivity contribution in [3.63, 3.8) is 0 Å². The summed E-state index contributed by atoms with van der Waals surface area (Å²) in [7, 11) is 0. The third-order valence-corrected chi connectivity index (χ3v) is 4.74. The summed E-state index contributed by atoms with van der Waals surface area (Å²) < 4.78 is 0. The van der Waals surface area contributed by atoms with Crippen LogP contribution in [0.4, 0.5) is 23.0 Å². The molecule has 0 aliphatic carbocycles. The number of hydrogen-bond acceptors (Lipinski definition) is 6. The highest BCUT2D eigenvalue weighted by Crippen LogP contribution is 2.26. The van der Waals surface area contributed by atoms with Gasteiger partial charge in [0.15, 0.2) is 11.6 Å². The molecule has 29 heavy (non-hydrogen) atoms.